The van der Waals surface area contributed by atoms with Crippen molar-refractivity contribution in [1.82, 2.24) is 0 Å². The summed E-state index contributed by atoms with van der Waals surface area (Å²) in [6.45, 7) is 44.3. The van der Waals surface area contributed by atoms with E-state index in [0.29, 0.717) is 53.7 Å². The predicted molar refractivity (Wildman–Crippen MR) is 578 cm³/mol. The monoisotopic (exact) mass is 3360 g/mol. The molecule has 6 rings (SSSR count). The molecule has 0 heterocycles. The summed E-state index contributed by atoms with van der Waals surface area (Å²) >= 11 is 73.9. The molecule has 126 heavy (non-hydrogen) atoms. The van der Waals surface area contributed by atoms with Crippen LogP contribution < -0.4 is 80.9 Å². The fraction of sp³-hybridized carbons (Fsp3) is 0.571. The summed E-state index contributed by atoms with van der Waals surface area (Å²) in [5.74, 6) is -6.70. The average molecular weight is 3390 g/mol. The van der Waals surface area contributed by atoms with E-state index >= 15 is 0 Å². The van der Waals surface area contributed by atoms with Crippen LogP contribution in [0.1, 0.15) is 237 Å². The van der Waals surface area contributed by atoms with Gasteiger partial charge in [0.25, 0.3) is 0 Å². The molecule has 0 unspecified atom stereocenters. The SMILES string of the molecule is CCCC[NH+](CCCC)CCCC.CCCC[NH+](CCCC)CCCC.CCCC[NH+](CCCC)CCCC.CCCC[NH+](CCCC)CCCC.[O-]c1c([O-])c(Br)c(Br)c(Br)c1Br.[O-]c1c([O-])c(Br)c(Br)c(Br)c1Br.[O-]c1c([O-])c(Br)c(Br)c(Br)c1Br.[O-]c1c([O-])c(Br)c(Br)c(Br)c1Br.[O-]c1c([O-])c(Br)c(Br)c(Br)c1Br.[O-]c1c([O-])c(Br)c(Br)c(Br)c1Br.[V+4].[V+4]. The van der Waals surface area contributed by atoms with E-state index in [0.717, 1.165) is 0 Å². The van der Waals surface area contributed by atoms with Crippen molar-refractivity contribution in [2.45, 2.75) is 237 Å². The summed E-state index contributed by atoms with van der Waals surface area (Å²) < 4.78 is 9.35. The van der Waals surface area contributed by atoms with E-state index < -0.39 is 69.0 Å². The molecule has 0 saturated heterocycles. The maximum atomic E-state index is 11.1. The maximum absolute atomic E-state index is 11.1. The average Bonchev–Trinajstić information content (AvgIpc) is 0.844. The van der Waals surface area contributed by atoms with Gasteiger partial charge in [-0.3, -0.25) is 0 Å². The van der Waals surface area contributed by atoms with Crippen LogP contribution in [0.4, 0.5) is 0 Å². The number of rotatable bonds is 36. The van der Waals surface area contributed by atoms with E-state index in [9.17, 15) is 61.3 Å². The van der Waals surface area contributed by atoms with Crippen LogP contribution in [0.2, 0.25) is 0 Å². The molecule has 0 fully saturated rings. The Bertz CT molecular complexity index is 2710. The van der Waals surface area contributed by atoms with Gasteiger partial charge in [0.2, 0.25) is 0 Å². The molecule has 718 valence electrons. The Hall–Kier alpha value is 5.45. The molecule has 0 aliphatic heterocycles. The van der Waals surface area contributed by atoms with Crippen molar-refractivity contribution in [3.63, 3.8) is 0 Å². The van der Waals surface area contributed by atoms with Crippen molar-refractivity contribution in [3.05, 3.63) is 107 Å². The van der Waals surface area contributed by atoms with Gasteiger partial charge in [0.05, 0.1) is 78.5 Å². The molecule has 16 nitrogen and oxygen atoms in total. The minimum Gasteiger partial charge on any atom is -0.872 e. The molecule has 6 aromatic carbocycles. The summed E-state index contributed by atoms with van der Waals surface area (Å²) in [6, 6.07) is 0. The molecule has 0 atom stereocenters. The quantitative estimate of drug-likeness (QED) is 0.0211. The van der Waals surface area contributed by atoms with Gasteiger partial charge >= 0.3 is 37.1 Å². The van der Waals surface area contributed by atoms with Crippen LogP contribution in [-0.4, -0.2) is 78.5 Å². The van der Waals surface area contributed by atoms with Crippen LogP contribution in [-0.2, 0) is 37.1 Å². The molecule has 6 aromatic rings. The van der Waals surface area contributed by atoms with Gasteiger partial charge in [-0.1, -0.05) is 351 Å². The fourth-order valence-corrected chi connectivity index (χ4v) is 22.4. The number of hydrogen-bond acceptors (Lipinski definition) is 12. The van der Waals surface area contributed by atoms with Crippen LogP contribution in [0.3, 0.4) is 0 Å². The fourth-order valence-electron chi connectivity index (χ4n) is 10.2. The van der Waals surface area contributed by atoms with E-state index in [1.165, 1.54) is 233 Å². The van der Waals surface area contributed by atoms with Crippen LogP contribution in [0.5, 0.6) is 69.0 Å². The molecule has 42 heteroatoms. The molecule has 0 aliphatic rings. The summed E-state index contributed by atoms with van der Waals surface area (Å²) in [4.78, 5) is 7.35. The van der Waals surface area contributed by atoms with E-state index in [2.05, 4.69) is 465 Å². The van der Waals surface area contributed by atoms with E-state index in [-0.39, 0.29) is 90.8 Å². The molecule has 4 N–H and O–H groups in total. The van der Waals surface area contributed by atoms with Crippen molar-refractivity contribution in [1.29, 1.82) is 0 Å². The smallest absolute Gasteiger partial charge is 0.872 e. The Morgan fingerprint density at radius 1 is 0.127 bits per heavy atom. The Morgan fingerprint density at radius 2 is 0.183 bits per heavy atom. The van der Waals surface area contributed by atoms with Gasteiger partial charge in [-0.05, 0) is 268 Å². The third-order valence-corrected chi connectivity index (χ3v) is 45.9. The molecule has 0 bridgehead atoms. The first kappa shape index (κ1) is 142. The predicted octanol–water partition coefficient (Wildman–Crippen LogP) is 26.4. The van der Waals surface area contributed by atoms with Gasteiger partial charge in [0, 0.05) is 107 Å². The number of unbranched alkanes of at least 4 members (excludes halogenated alkanes) is 12. The molecule has 0 spiro atoms. The van der Waals surface area contributed by atoms with Gasteiger partial charge in [-0.15, -0.1) is 69.0 Å². The number of benzene rings is 6. The molecule has 0 amide bonds. The second-order valence-corrected chi connectivity index (χ2v) is 46.8. The first-order valence-electron chi connectivity index (χ1n) is 40.7. The number of hydrogen-bond donors (Lipinski definition) is 4. The van der Waals surface area contributed by atoms with Crippen molar-refractivity contribution in [2.75, 3.05) is 78.5 Å². The van der Waals surface area contributed by atoms with Crippen molar-refractivity contribution < 1.29 is 118 Å². The van der Waals surface area contributed by atoms with Crippen molar-refractivity contribution in [2.24, 2.45) is 0 Å². The molecular weight excluding hydrogens is 3280 g/mol. The van der Waals surface area contributed by atoms with Gasteiger partial charge in [0.15, 0.2) is 0 Å². The Kier molecular flexibility index (Phi) is 94.6. The second kappa shape index (κ2) is 83.9. The van der Waals surface area contributed by atoms with Gasteiger partial charge < -0.3 is 80.9 Å². The zero-order valence-corrected chi connectivity index (χ0v) is 113. The Labute approximate surface area is 977 Å². The molecule has 0 aromatic heterocycles. The zero-order chi connectivity index (χ0) is 96.5. The summed E-state index contributed by atoms with van der Waals surface area (Å²) in [6.07, 6.45) is 33.1. The number of quaternary nitrogens is 4. The minimum absolute atomic E-state index is 0. The van der Waals surface area contributed by atoms with Crippen LogP contribution in [0, 0.1) is 0 Å². The zero-order valence-electron chi connectivity index (χ0n) is 72.3. The molecule has 0 aliphatic carbocycles. The normalized spacial score (nSPS) is 10.5. The van der Waals surface area contributed by atoms with Crippen LogP contribution in [0.15, 0.2) is 107 Å². The van der Waals surface area contributed by atoms with Gasteiger partial charge in [-0.25, -0.2) is 0 Å². The molecular formula is C84H112Br24N4O12V2. The first-order valence-corrected chi connectivity index (χ1v) is 59.7. The third kappa shape index (κ3) is 54.8. The van der Waals surface area contributed by atoms with E-state index in [4.69, 9.17) is 0 Å². The Balaban J connectivity index is -0.000000317. The first-order chi connectivity index (χ1) is 58.2. The van der Waals surface area contributed by atoms with Crippen LogP contribution >= 0.6 is 382 Å². The number of nitrogens with one attached hydrogen (secondary N) is 4. The van der Waals surface area contributed by atoms with E-state index in [1.54, 1.807) is 0 Å². The second-order valence-electron chi connectivity index (χ2n) is 27.7. The van der Waals surface area contributed by atoms with Crippen molar-refractivity contribution in [3.8, 4) is 69.0 Å². The topological polar surface area (TPSA) is 294 Å². The summed E-state index contributed by atoms with van der Waals surface area (Å²) in [7, 11) is 0. The summed E-state index contributed by atoms with van der Waals surface area (Å²) in [5.41, 5.74) is 0. The van der Waals surface area contributed by atoms with Gasteiger partial charge in [0.1, 0.15) is 0 Å². The third-order valence-electron chi connectivity index (χ3n) is 17.7. The largest absolute Gasteiger partial charge is 4.00 e. The van der Waals surface area contributed by atoms with Crippen molar-refractivity contribution >= 4 is 382 Å². The number of halogens is 24. The molecule has 2 radical (unpaired) electrons. The summed E-state index contributed by atoms with van der Waals surface area (Å²) in [5, 5.41) is 133. The van der Waals surface area contributed by atoms with Gasteiger partial charge in [-0.2, -0.15) is 0 Å². The Morgan fingerprint density at radius 3 is 0.230 bits per heavy atom. The maximum Gasteiger partial charge on any atom is 4.00 e. The van der Waals surface area contributed by atoms with E-state index in [1.807, 2.05) is 19.6 Å². The standard InChI is InChI=1S/4C12H27N.6C6H2Br4O2.2V/c4*1-4-7-10-13(11-8-5-2)12-9-6-3;6*7-1-2(8)4(10)6(12)5(11)3(1)9;;/h4*4-12H2,1-3H3;6*11-12H;;/q;;;;;;;;;;2*+4/p-8. The van der Waals surface area contributed by atoms with Crippen LogP contribution in [0.25, 0.3) is 0 Å². The minimum atomic E-state index is -0.558. The molecule has 0 saturated carbocycles.